The Morgan fingerprint density at radius 2 is 2.22 bits per heavy atom. The zero-order valence-electron chi connectivity index (χ0n) is 11.2. The molecular weight excluding hydrogens is 230 g/mol. The van der Waals surface area contributed by atoms with E-state index in [4.69, 9.17) is 4.74 Å². The van der Waals surface area contributed by atoms with E-state index in [0.717, 1.165) is 32.7 Å². The van der Waals surface area contributed by atoms with Gasteiger partial charge < -0.3 is 15.0 Å². The van der Waals surface area contributed by atoms with Crippen molar-refractivity contribution in [1.29, 1.82) is 0 Å². The number of carbonyl (C=O) groups excluding carboxylic acids is 1. The first-order valence-corrected chi connectivity index (χ1v) is 7.03. The molecule has 0 aliphatic carbocycles. The molecule has 3 aliphatic rings. The molecule has 3 aliphatic heterocycles. The maximum atomic E-state index is 12.1. The predicted octanol–water partition coefficient (Wildman–Crippen LogP) is -0.328. The molecular formula is C13H23N3O2. The van der Waals surface area contributed by atoms with Crippen molar-refractivity contribution in [2.75, 3.05) is 45.9 Å². The molecule has 1 N–H and O–H groups in total. The highest BCUT2D eigenvalue weighted by Crippen LogP contribution is 2.22. The Morgan fingerprint density at radius 1 is 1.39 bits per heavy atom. The number of fused-ring (bicyclic) bond motifs is 1. The molecule has 18 heavy (non-hydrogen) atoms. The summed E-state index contributed by atoms with van der Waals surface area (Å²) in [6, 6.07) is 0.601. The van der Waals surface area contributed by atoms with Gasteiger partial charge in [-0.2, -0.15) is 0 Å². The van der Waals surface area contributed by atoms with Crippen LogP contribution in [0, 0.1) is 0 Å². The number of piperazine rings is 1. The number of nitrogens with one attached hydrogen (secondary N) is 1. The number of nitrogens with zero attached hydrogens (tertiary/aromatic N) is 2. The third-order valence-corrected chi connectivity index (χ3v) is 4.48. The number of hydrogen-bond acceptors (Lipinski definition) is 4. The van der Waals surface area contributed by atoms with Crippen molar-refractivity contribution in [3.63, 3.8) is 0 Å². The maximum absolute atomic E-state index is 12.1. The van der Waals surface area contributed by atoms with Crippen LogP contribution in [0.25, 0.3) is 0 Å². The van der Waals surface area contributed by atoms with E-state index in [1.807, 2.05) is 4.90 Å². The van der Waals surface area contributed by atoms with E-state index in [-0.39, 0.29) is 18.1 Å². The Morgan fingerprint density at radius 3 is 2.94 bits per heavy atom. The van der Waals surface area contributed by atoms with Crippen LogP contribution in [0.3, 0.4) is 0 Å². The number of ether oxygens (including phenoxy) is 1. The van der Waals surface area contributed by atoms with Gasteiger partial charge in [-0.25, -0.2) is 0 Å². The van der Waals surface area contributed by atoms with E-state index in [0.29, 0.717) is 6.04 Å². The van der Waals surface area contributed by atoms with Crippen LogP contribution in [-0.2, 0) is 9.53 Å². The summed E-state index contributed by atoms with van der Waals surface area (Å²) >= 11 is 0. The molecule has 3 heterocycles. The lowest BCUT2D eigenvalue weighted by Gasteiger charge is -2.41. The molecule has 5 heteroatoms. The number of carbonyl (C=O) groups is 1. The Bertz CT molecular complexity index is 330. The van der Waals surface area contributed by atoms with Gasteiger partial charge in [-0.15, -0.1) is 0 Å². The molecule has 0 aromatic carbocycles. The van der Waals surface area contributed by atoms with Crippen LogP contribution in [0.1, 0.15) is 19.8 Å². The lowest BCUT2D eigenvalue weighted by Crippen LogP contribution is -2.60. The summed E-state index contributed by atoms with van der Waals surface area (Å²) in [5.74, 6) is 0.162. The minimum atomic E-state index is -0.120. The molecule has 3 rings (SSSR count). The second-order valence-electron chi connectivity index (χ2n) is 6.01. The zero-order valence-corrected chi connectivity index (χ0v) is 11.2. The molecule has 0 aromatic heterocycles. The zero-order chi connectivity index (χ0) is 12.6. The quantitative estimate of drug-likeness (QED) is 0.748. The van der Waals surface area contributed by atoms with Crippen LogP contribution >= 0.6 is 0 Å². The minimum absolute atomic E-state index is 0.120. The maximum Gasteiger partial charge on any atom is 0.248 e. The first kappa shape index (κ1) is 12.4. The summed E-state index contributed by atoms with van der Waals surface area (Å²) in [4.78, 5) is 16.6. The van der Waals surface area contributed by atoms with Crippen LogP contribution in [-0.4, -0.2) is 73.2 Å². The molecule has 1 atom stereocenters. The van der Waals surface area contributed by atoms with Crippen molar-refractivity contribution in [3.8, 4) is 0 Å². The summed E-state index contributed by atoms with van der Waals surface area (Å²) in [5.41, 5.74) is -0.120. The van der Waals surface area contributed by atoms with Gasteiger partial charge in [0.2, 0.25) is 5.91 Å². The lowest BCUT2D eigenvalue weighted by molar-refractivity contribution is -0.148. The summed E-state index contributed by atoms with van der Waals surface area (Å²) in [5, 5.41) is 3.18. The van der Waals surface area contributed by atoms with Crippen LogP contribution < -0.4 is 5.32 Å². The van der Waals surface area contributed by atoms with Crippen LogP contribution in [0.5, 0.6) is 0 Å². The molecule has 102 valence electrons. The van der Waals surface area contributed by atoms with E-state index < -0.39 is 0 Å². The van der Waals surface area contributed by atoms with Crippen LogP contribution in [0.4, 0.5) is 0 Å². The molecule has 1 amide bonds. The summed E-state index contributed by atoms with van der Waals surface area (Å²) in [6.45, 7) is 8.04. The molecule has 3 fully saturated rings. The summed E-state index contributed by atoms with van der Waals surface area (Å²) in [7, 11) is 0. The summed E-state index contributed by atoms with van der Waals surface area (Å²) < 4.78 is 5.72. The van der Waals surface area contributed by atoms with Gasteiger partial charge in [0.1, 0.15) is 6.61 Å². The van der Waals surface area contributed by atoms with Gasteiger partial charge in [-0.3, -0.25) is 9.69 Å². The molecule has 0 aromatic rings. The Balaban J connectivity index is 1.47. The van der Waals surface area contributed by atoms with Crippen molar-refractivity contribution in [2.45, 2.75) is 31.4 Å². The van der Waals surface area contributed by atoms with Gasteiger partial charge in [0.05, 0.1) is 5.60 Å². The van der Waals surface area contributed by atoms with E-state index in [2.05, 4.69) is 17.1 Å². The molecule has 3 saturated heterocycles. The smallest absolute Gasteiger partial charge is 0.248 e. The molecule has 0 spiro atoms. The second-order valence-corrected chi connectivity index (χ2v) is 6.01. The van der Waals surface area contributed by atoms with E-state index >= 15 is 0 Å². The van der Waals surface area contributed by atoms with E-state index in [9.17, 15) is 4.79 Å². The largest absolute Gasteiger partial charge is 0.363 e. The van der Waals surface area contributed by atoms with Crippen LogP contribution in [0.2, 0.25) is 0 Å². The first-order chi connectivity index (χ1) is 8.66. The second kappa shape index (κ2) is 4.79. The molecule has 1 unspecified atom stereocenters. The number of amides is 1. The SMILES string of the molecule is CC1(OCC(=O)N2CCN3CCCC3C2)CNC1. The average molecular weight is 253 g/mol. The van der Waals surface area contributed by atoms with E-state index in [1.54, 1.807) is 0 Å². The fraction of sp³-hybridized carbons (Fsp3) is 0.923. The van der Waals surface area contributed by atoms with Crippen molar-refractivity contribution in [2.24, 2.45) is 0 Å². The highest BCUT2D eigenvalue weighted by Gasteiger charge is 2.35. The van der Waals surface area contributed by atoms with Crippen molar-refractivity contribution in [1.82, 2.24) is 15.1 Å². The standard InChI is InChI=1S/C13H23N3O2/c1-13(9-14-10-13)18-8-12(17)16-6-5-15-4-2-3-11(15)7-16/h11,14H,2-10H2,1H3. The van der Waals surface area contributed by atoms with Crippen molar-refractivity contribution in [3.05, 3.63) is 0 Å². The van der Waals surface area contributed by atoms with Gasteiger partial charge in [0.25, 0.3) is 0 Å². The number of rotatable bonds is 3. The average Bonchev–Trinajstić information content (AvgIpc) is 2.80. The first-order valence-electron chi connectivity index (χ1n) is 7.03. The molecule has 0 bridgehead atoms. The Kier molecular flexibility index (Phi) is 3.30. The Hall–Kier alpha value is -0.650. The molecule has 5 nitrogen and oxygen atoms in total. The highest BCUT2D eigenvalue weighted by atomic mass is 16.5. The van der Waals surface area contributed by atoms with Gasteiger partial charge in [-0.1, -0.05) is 0 Å². The van der Waals surface area contributed by atoms with Crippen molar-refractivity contribution < 1.29 is 9.53 Å². The van der Waals surface area contributed by atoms with Crippen molar-refractivity contribution >= 4 is 5.91 Å². The third kappa shape index (κ3) is 2.39. The molecule has 0 saturated carbocycles. The van der Waals surface area contributed by atoms with Gasteiger partial charge in [0, 0.05) is 38.8 Å². The lowest BCUT2D eigenvalue weighted by atomic mass is 10.0. The van der Waals surface area contributed by atoms with Crippen LogP contribution in [0.15, 0.2) is 0 Å². The van der Waals surface area contributed by atoms with Gasteiger partial charge in [0.15, 0.2) is 0 Å². The molecule has 0 radical (unpaired) electrons. The van der Waals surface area contributed by atoms with Gasteiger partial charge in [-0.05, 0) is 26.3 Å². The predicted molar refractivity (Wildman–Crippen MR) is 68.4 cm³/mol. The van der Waals surface area contributed by atoms with E-state index in [1.165, 1.54) is 19.4 Å². The normalized spacial score (nSPS) is 30.9. The minimum Gasteiger partial charge on any atom is -0.363 e. The summed E-state index contributed by atoms with van der Waals surface area (Å²) in [6.07, 6.45) is 2.53. The highest BCUT2D eigenvalue weighted by molar-refractivity contribution is 5.77. The fourth-order valence-corrected chi connectivity index (χ4v) is 3.12. The topological polar surface area (TPSA) is 44.8 Å². The van der Waals surface area contributed by atoms with Gasteiger partial charge >= 0.3 is 0 Å². The monoisotopic (exact) mass is 253 g/mol. The number of hydrogen-bond donors (Lipinski definition) is 1. The Labute approximate surface area is 108 Å². The third-order valence-electron chi connectivity index (χ3n) is 4.48. The fourth-order valence-electron chi connectivity index (χ4n) is 3.12.